The van der Waals surface area contributed by atoms with Crippen molar-refractivity contribution >= 4 is 34.0 Å². The highest BCUT2D eigenvalue weighted by atomic mass is 79.9. The van der Waals surface area contributed by atoms with Crippen LogP contribution in [0.3, 0.4) is 0 Å². The minimum atomic E-state index is -0.0681. The Labute approximate surface area is 112 Å². The third-order valence-electron chi connectivity index (χ3n) is 1.90. The molecule has 0 saturated carbocycles. The van der Waals surface area contributed by atoms with Crippen LogP contribution in [0.2, 0.25) is 0 Å². The second kappa shape index (κ2) is 7.39. The zero-order valence-electron chi connectivity index (χ0n) is 9.00. The fourth-order valence-electron chi connectivity index (χ4n) is 1.15. The van der Waals surface area contributed by atoms with Gasteiger partial charge in [-0.15, -0.1) is 0 Å². The topological polar surface area (TPSA) is 71.1 Å². The summed E-state index contributed by atoms with van der Waals surface area (Å²) in [6.45, 7) is 0.805. The van der Waals surface area contributed by atoms with Gasteiger partial charge in [0.25, 0.3) is 0 Å². The van der Waals surface area contributed by atoms with E-state index in [1.165, 1.54) is 0 Å². The first kappa shape index (κ1) is 14.1. The number of halogens is 2. The third kappa shape index (κ3) is 5.27. The van der Waals surface area contributed by atoms with E-state index in [0.717, 1.165) is 10.0 Å². The summed E-state index contributed by atoms with van der Waals surface area (Å²) >= 11 is 3.62. The molecule has 0 unspecified atom stereocenters. The van der Waals surface area contributed by atoms with Crippen molar-refractivity contribution in [1.29, 1.82) is 5.41 Å². The molecular formula is C10H13BrFN3OS. The Morgan fingerprint density at radius 3 is 2.94 bits per heavy atom. The first-order chi connectivity index (χ1) is 8.13. The summed E-state index contributed by atoms with van der Waals surface area (Å²) in [7, 11) is 0. The van der Waals surface area contributed by atoms with Gasteiger partial charge in [0, 0.05) is 18.7 Å². The van der Waals surface area contributed by atoms with Crippen molar-refractivity contribution in [2.75, 3.05) is 12.4 Å². The number of hydrogen-bond acceptors (Lipinski definition) is 3. The lowest BCUT2D eigenvalue weighted by Crippen LogP contribution is -2.29. The maximum atomic E-state index is 11.8. The second-order valence-electron chi connectivity index (χ2n) is 3.19. The van der Waals surface area contributed by atoms with Crippen molar-refractivity contribution in [3.05, 3.63) is 28.2 Å². The molecule has 7 heteroatoms. The smallest absolute Gasteiger partial charge is 0.185 e. The average Bonchev–Trinajstić information content (AvgIpc) is 2.29. The highest BCUT2D eigenvalue weighted by Crippen LogP contribution is 2.26. The van der Waals surface area contributed by atoms with E-state index in [1.807, 2.05) is 12.1 Å². The van der Waals surface area contributed by atoms with Crippen molar-refractivity contribution in [2.45, 2.75) is 6.54 Å². The van der Waals surface area contributed by atoms with Gasteiger partial charge in [-0.1, -0.05) is 6.07 Å². The van der Waals surface area contributed by atoms with E-state index in [-0.39, 0.29) is 18.1 Å². The summed E-state index contributed by atoms with van der Waals surface area (Å²) in [5.41, 5.74) is 6.16. The lowest BCUT2D eigenvalue weighted by atomic mass is 10.2. The number of benzene rings is 1. The fourth-order valence-corrected chi connectivity index (χ4v) is 1.84. The molecule has 0 saturated heterocycles. The van der Waals surface area contributed by atoms with Crippen molar-refractivity contribution in [2.24, 2.45) is 5.73 Å². The maximum absolute atomic E-state index is 11.8. The minimum Gasteiger partial charge on any atom is -0.491 e. The molecule has 0 heterocycles. The number of nitrogens with one attached hydrogen (secondary N) is 2. The Balaban J connectivity index is 2.56. The van der Waals surface area contributed by atoms with Gasteiger partial charge in [-0.25, -0.2) is 0 Å². The van der Waals surface area contributed by atoms with Crippen molar-refractivity contribution in [3.8, 4) is 5.75 Å². The Morgan fingerprint density at radius 2 is 2.35 bits per heavy atom. The molecule has 0 aliphatic carbocycles. The van der Waals surface area contributed by atoms with Crippen molar-refractivity contribution < 1.29 is 8.62 Å². The number of rotatable bonds is 6. The van der Waals surface area contributed by atoms with Crippen LogP contribution in [0.4, 0.5) is 3.89 Å². The molecule has 0 amide bonds. The average molecular weight is 322 g/mol. The summed E-state index contributed by atoms with van der Waals surface area (Å²) in [6.07, 6.45) is 0. The molecule has 0 bridgehead atoms. The Morgan fingerprint density at radius 1 is 1.59 bits per heavy atom. The van der Waals surface area contributed by atoms with Crippen LogP contribution < -0.4 is 15.8 Å². The predicted octanol–water partition coefficient (Wildman–Crippen LogP) is 2.43. The summed E-state index contributed by atoms with van der Waals surface area (Å²) in [6, 6.07) is 5.52. The lowest BCUT2D eigenvalue weighted by Gasteiger charge is -2.09. The van der Waals surface area contributed by atoms with E-state index in [9.17, 15) is 3.89 Å². The van der Waals surface area contributed by atoms with Gasteiger partial charge in [0.1, 0.15) is 5.75 Å². The van der Waals surface area contributed by atoms with E-state index in [4.69, 9.17) is 15.9 Å². The van der Waals surface area contributed by atoms with Crippen LogP contribution in [0.15, 0.2) is 22.7 Å². The van der Waals surface area contributed by atoms with Crippen LogP contribution in [0.1, 0.15) is 5.56 Å². The van der Waals surface area contributed by atoms with E-state index in [0.29, 0.717) is 24.7 Å². The van der Waals surface area contributed by atoms with E-state index in [2.05, 4.69) is 21.2 Å². The lowest BCUT2D eigenvalue weighted by molar-refractivity contribution is 0.341. The minimum absolute atomic E-state index is 0.0681. The zero-order valence-corrected chi connectivity index (χ0v) is 11.4. The van der Waals surface area contributed by atoms with Crippen molar-refractivity contribution in [1.82, 2.24) is 5.32 Å². The van der Waals surface area contributed by atoms with Gasteiger partial charge in [-0.2, -0.15) is 3.89 Å². The summed E-state index contributed by atoms with van der Waals surface area (Å²) in [4.78, 5) is 0. The molecule has 0 aliphatic heterocycles. The first-order valence-corrected chi connectivity index (χ1v) is 6.54. The van der Waals surface area contributed by atoms with Gasteiger partial charge in [0.15, 0.2) is 5.96 Å². The molecule has 1 rings (SSSR count). The standard InChI is InChI=1S/C10H13BrFN3OS/c11-8-5-7(6-15-10(13)14)1-2-9(8)16-3-4-17-12/h1-2,5H,3-4,6H2,(H4,13,14,15). The maximum Gasteiger partial charge on any atom is 0.185 e. The molecule has 4 nitrogen and oxygen atoms in total. The molecule has 0 fully saturated rings. The molecule has 0 radical (unpaired) electrons. The third-order valence-corrected chi connectivity index (χ3v) is 2.84. The van der Waals surface area contributed by atoms with Gasteiger partial charge in [0.2, 0.25) is 0 Å². The van der Waals surface area contributed by atoms with Crippen LogP contribution in [0.25, 0.3) is 0 Å². The molecule has 0 spiro atoms. The normalized spacial score (nSPS) is 10.0. The molecule has 0 aromatic heterocycles. The zero-order chi connectivity index (χ0) is 12.7. The molecule has 17 heavy (non-hydrogen) atoms. The molecule has 1 aromatic carbocycles. The summed E-state index contributed by atoms with van der Waals surface area (Å²) in [5.74, 6) is 0.909. The Bertz CT molecular complexity index is 392. The molecule has 94 valence electrons. The van der Waals surface area contributed by atoms with Crippen LogP contribution in [0.5, 0.6) is 5.75 Å². The van der Waals surface area contributed by atoms with Gasteiger partial charge in [-0.3, -0.25) is 5.41 Å². The fraction of sp³-hybridized carbons (Fsp3) is 0.300. The van der Waals surface area contributed by atoms with Gasteiger partial charge in [0.05, 0.1) is 16.8 Å². The number of ether oxygens (including phenoxy) is 1. The Hall–Kier alpha value is -0.950. The highest BCUT2D eigenvalue weighted by molar-refractivity contribution is 9.10. The summed E-state index contributed by atoms with van der Waals surface area (Å²) < 4.78 is 18.0. The van der Waals surface area contributed by atoms with Crippen molar-refractivity contribution in [3.63, 3.8) is 0 Å². The summed E-state index contributed by atoms with van der Waals surface area (Å²) in [5, 5.41) is 9.75. The molecule has 0 aliphatic rings. The predicted molar refractivity (Wildman–Crippen MR) is 72.0 cm³/mol. The quantitative estimate of drug-likeness (QED) is 0.427. The van der Waals surface area contributed by atoms with Gasteiger partial charge in [-0.05, 0) is 33.6 Å². The molecule has 0 atom stereocenters. The monoisotopic (exact) mass is 321 g/mol. The van der Waals surface area contributed by atoms with Gasteiger partial charge >= 0.3 is 0 Å². The SMILES string of the molecule is N=C(N)NCc1ccc(OCCSF)c(Br)c1. The van der Waals surface area contributed by atoms with Crippen LogP contribution in [0, 0.1) is 5.41 Å². The van der Waals surface area contributed by atoms with E-state index < -0.39 is 0 Å². The highest BCUT2D eigenvalue weighted by Gasteiger charge is 2.03. The largest absolute Gasteiger partial charge is 0.491 e. The van der Waals surface area contributed by atoms with Crippen LogP contribution in [-0.2, 0) is 6.54 Å². The number of nitrogens with two attached hydrogens (primary N) is 1. The molecular weight excluding hydrogens is 309 g/mol. The van der Waals surface area contributed by atoms with E-state index >= 15 is 0 Å². The Kier molecular flexibility index (Phi) is 6.13. The molecule has 1 aromatic rings. The van der Waals surface area contributed by atoms with Crippen LogP contribution in [-0.4, -0.2) is 18.3 Å². The van der Waals surface area contributed by atoms with Crippen LogP contribution >= 0.6 is 28.1 Å². The van der Waals surface area contributed by atoms with E-state index in [1.54, 1.807) is 6.07 Å². The second-order valence-corrected chi connectivity index (χ2v) is 4.67. The first-order valence-electron chi connectivity index (χ1n) is 4.86. The number of guanidine groups is 1. The van der Waals surface area contributed by atoms with Gasteiger partial charge < -0.3 is 15.8 Å². The number of hydrogen-bond donors (Lipinski definition) is 3. The molecule has 4 N–H and O–H groups in total.